The van der Waals surface area contributed by atoms with Crippen LogP contribution in [0.1, 0.15) is 5.56 Å². The maximum Gasteiger partial charge on any atom is 0.241 e. The van der Waals surface area contributed by atoms with Crippen LogP contribution in [0.4, 0.5) is 5.69 Å². The van der Waals surface area contributed by atoms with Gasteiger partial charge in [-0.2, -0.15) is 0 Å². The Bertz CT molecular complexity index is 805. The van der Waals surface area contributed by atoms with Gasteiger partial charge in [0.05, 0.1) is 5.69 Å². The van der Waals surface area contributed by atoms with Gasteiger partial charge in [0, 0.05) is 6.04 Å². The first-order chi connectivity index (χ1) is 10.8. The number of hydrogen-bond donors (Lipinski definition) is 3. The van der Waals surface area contributed by atoms with Crippen molar-refractivity contribution in [2.75, 3.05) is 5.73 Å². The Morgan fingerprint density at radius 1 is 1.22 bits per heavy atom. The van der Waals surface area contributed by atoms with Crippen LogP contribution in [0.2, 0.25) is 0 Å². The lowest BCUT2D eigenvalue weighted by Gasteiger charge is -2.15. The molecule has 1 atom stereocenters. The molecule has 0 aliphatic rings. The van der Waals surface area contributed by atoms with Crippen molar-refractivity contribution in [3.8, 4) is 11.5 Å². The van der Waals surface area contributed by atoms with E-state index in [0.717, 1.165) is 0 Å². The summed E-state index contributed by atoms with van der Waals surface area (Å²) in [5.41, 5.74) is 12.6. The number of rotatable bonds is 6. The topological polar surface area (TPSA) is 121 Å². The minimum atomic E-state index is -4.01. The second-order valence-electron chi connectivity index (χ2n) is 5.08. The van der Waals surface area contributed by atoms with E-state index >= 15 is 0 Å². The summed E-state index contributed by atoms with van der Waals surface area (Å²) in [6, 6.07) is 11.4. The molecule has 6 N–H and O–H groups in total. The third-order valence-corrected chi connectivity index (χ3v) is 4.10. The molecule has 0 spiro atoms. The molecule has 0 radical (unpaired) electrons. The highest BCUT2D eigenvalue weighted by molar-refractivity contribution is 7.89. The number of sulfonamides is 1. The van der Waals surface area contributed by atoms with Crippen molar-refractivity contribution in [2.45, 2.75) is 17.4 Å². The highest BCUT2D eigenvalue weighted by atomic mass is 32.2. The molecule has 0 amide bonds. The van der Waals surface area contributed by atoms with Crippen LogP contribution in [0.5, 0.6) is 11.5 Å². The molecule has 6 nitrogen and oxygen atoms in total. The highest BCUT2D eigenvalue weighted by Gasteiger charge is 2.20. The summed E-state index contributed by atoms with van der Waals surface area (Å²) in [4.78, 5) is -0.174. The van der Waals surface area contributed by atoms with Crippen LogP contribution >= 0.6 is 0 Å². The predicted molar refractivity (Wildman–Crippen MR) is 90.6 cm³/mol. The Morgan fingerprint density at radius 2 is 1.87 bits per heavy atom. The Kier molecular flexibility index (Phi) is 5.05. The van der Waals surface area contributed by atoms with Gasteiger partial charge in [0.2, 0.25) is 10.0 Å². The lowest BCUT2D eigenvalue weighted by molar-refractivity contribution is 0.469. The molecular weight excluding hydrogens is 314 g/mol. The van der Waals surface area contributed by atoms with Crippen molar-refractivity contribution in [3.05, 3.63) is 60.7 Å². The quantitative estimate of drug-likeness (QED) is 0.549. The maximum atomic E-state index is 11.9. The number of ether oxygens (including phenoxy) is 1. The first-order valence-electron chi connectivity index (χ1n) is 6.87. The zero-order chi connectivity index (χ0) is 17.0. The molecule has 2 aromatic carbocycles. The molecular formula is C16H19N3O3S. The van der Waals surface area contributed by atoms with Crippen LogP contribution in [-0.4, -0.2) is 14.5 Å². The van der Waals surface area contributed by atoms with Gasteiger partial charge in [-0.05, 0) is 36.2 Å². The molecule has 0 saturated heterocycles. The van der Waals surface area contributed by atoms with Crippen LogP contribution in [0.25, 0.3) is 0 Å². The van der Waals surface area contributed by atoms with Gasteiger partial charge in [0.15, 0.2) is 5.75 Å². The summed E-state index contributed by atoms with van der Waals surface area (Å²) in [6.45, 7) is 3.60. The molecule has 2 rings (SSSR count). The minimum Gasteiger partial charge on any atom is -0.454 e. The molecule has 1 unspecified atom stereocenters. The third-order valence-electron chi connectivity index (χ3n) is 3.19. The predicted octanol–water partition coefficient (Wildman–Crippen LogP) is 1.76. The van der Waals surface area contributed by atoms with Gasteiger partial charge in [-0.1, -0.05) is 24.3 Å². The number of anilines is 1. The largest absolute Gasteiger partial charge is 0.454 e. The fourth-order valence-electron chi connectivity index (χ4n) is 2.08. The normalized spacial score (nSPS) is 12.6. The summed E-state index contributed by atoms with van der Waals surface area (Å²) in [5, 5.41) is 5.30. The van der Waals surface area contributed by atoms with E-state index in [1.54, 1.807) is 36.4 Å². The Balaban J connectivity index is 2.51. The number of para-hydroxylation sites is 1. The van der Waals surface area contributed by atoms with Crippen molar-refractivity contribution in [1.29, 1.82) is 0 Å². The Labute approximate surface area is 135 Å². The fourth-order valence-corrected chi connectivity index (χ4v) is 2.82. The van der Waals surface area contributed by atoms with Crippen LogP contribution in [0, 0.1) is 0 Å². The molecule has 0 aliphatic heterocycles. The van der Waals surface area contributed by atoms with Gasteiger partial charge < -0.3 is 16.2 Å². The molecule has 0 bridgehead atoms. The van der Waals surface area contributed by atoms with E-state index in [4.69, 9.17) is 21.3 Å². The average molecular weight is 333 g/mol. The van der Waals surface area contributed by atoms with Gasteiger partial charge >= 0.3 is 0 Å². The van der Waals surface area contributed by atoms with Gasteiger partial charge in [0.1, 0.15) is 10.6 Å². The summed E-state index contributed by atoms with van der Waals surface area (Å²) >= 11 is 0. The number of nitrogens with two attached hydrogens (primary N) is 3. The zero-order valence-electron chi connectivity index (χ0n) is 12.5. The lowest BCUT2D eigenvalue weighted by atomic mass is 10.1. The van der Waals surface area contributed by atoms with E-state index in [2.05, 4.69) is 6.58 Å². The number of benzene rings is 2. The summed E-state index contributed by atoms with van der Waals surface area (Å²) < 4.78 is 29.4. The third kappa shape index (κ3) is 4.32. The molecule has 7 heteroatoms. The molecule has 122 valence electrons. The van der Waals surface area contributed by atoms with Crippen LogP contribution < -0.4 is 21.3 Å². The second kappa shape index (κ2) is 6.82. The average Bonchev–Trinajstić information content (AvgIpc) is 2.49. The summed E-state index contributed by atoms with van der Waals surface area (Å²) in [7, 11) is -4.01. The first kappa shape index (κ1) is 17.0. The summed E-state index contributed by atoms with van der Waals surface area (Å²) in [5.74, 6) is 0.467. The lowest BCUT2D eigenvalue weighted by Crippen LogP contribution is -2.20. The zero-order valence-corrected chi connectivity index (χ0v) is 13.3. The van der Waals surface area contributed by atoms with Crippen LogP contribution in [-0.2, 0) is 16.4 Å². The van der Waals surface area contributed by atoms with Crippen LogP contribution in [0.15, 0.2) is 60.0 Å². The number of nitrogen functional groups attached to an aromatic ring is 1. The van der Waals surface area contributed by atoms with Crippen molar-refractivity contribution >= 4 is 15.7 Å². The molecule has 23 heavy (non-hydrogen) atoms. The SMILES string of the molecule is C=CC(N)Cc1cc(N)c(Oc2ccccc2)c(S(N)(=O)=O)c1. The van der Waals surface area contributed by atoms with Gasteiger partial charge in [-0.15, -0.1) is 6.58 Å². The van der Waals surface area contributed by atoms with E-state index < -0.39 is 10.0 Å². The second-order valence-corrected chi connectivity index (χ2v) is 6.61. The van der Waals surface area contributed by atoms with Gasteiger partial charge in [-0.3, -0.25) is 0 Å². The smallest absolute Gasteiger partial charge is 0.241 e. The first-order valence-corrected chi connectivity index (χ1v) is 8.42. The van der Waals surface area contributed by atoms with Crippen molar-refractivity contribution in [1.82, 2.24) is 0 Å². The van der Waals surface area contributed by atoms with E-state index in [0.29, 0.717) is 17.7 Å². The van der Waals surface area contributed by atoms with Crippen molar-refractivity contribution in [3.63, 3.8) is 0 Å². The Morgan fingerprint density at radius 3 is 2.43 bits per heavy atom. The summed E-state index contributed by atoms with van der Waals surface area (Å²) in [6.07, 6.45) is 1.96. The van der Waals surface area contributed by atoms with Crippen LogP contribution in [0.3, 0.4) is 0 Å². The molecule has 0 aromatic heterocycles. The molecule has 0 heterocycles. The van der Waals surface area contributed by atoms with Gasteiger partial charge in [-0.25, -0.2) is 13.6 Å². The molecule has 2 aromatic rings. The highest BCUT2D eigenvalue weighted by Crippen LogP contribution is 2.35. The van der Waals surface area contributed by atoms with E-state index in [1.165, 1.54) is 6.07 Å². The number of hydrogen-bond acceptors (Lipinski definition) is 5. The van der Waals surface area contributed by atoms with E-state index in [9.17, 15) is 8.42 Å². The van der Waals surface area contributed by atoms with Gasteiger partial charge in [0.25, 0.3) is 0 Å². The van der Waals surface area contributed by atoms with E-state index in [1.807, 2.05) is 6.07 Å². The van der Waals surface area contributed by atoms with Crippen molar-refractivity contribution in [2.24, 2.45) is 10.9 Å². The van der Waals surface area contributed by atoms with Crippen molar-refractivity contribution < 1.29 is 13.2 Å². The molecule has 0 fully saturated rings. The fraction of sp³-hybridized carbons (Fsp3) is 0.125. The maximum absolute atomic E-state index is 11.9. The monoisotopic (exact) mass is 333 g/mol. The Hall–Kier alpha value is -2.35. The minimum absolute atomic E-state index is 0.00891. The van der Waals surface area contributed by atoms with E-state index in [-0.39, 0.29) is 22.4 Å². The number of primary sulfonamides is 1. The standard InChI is InChI=1S/C16H19N3O3S/c1-2-12(17)8-11-9-14(18)16(15(10-11)23(19,20)21)22-13-6-4-3-5-7-13/h2-7,9-10,12H,1,8,17-18H2,(H2,19,20,21). The molecule has 0 aliphatic carbocycles. The molecule has 0 saturated carbocycles.